The smallest absolute Gasteiger partial charge is 0.281 e. The highest BCUT2D eigenvalue weighted by molar-refractivity contribution is 8.15. The first-order chi connectivity index (χ1) is 6.86. The minimum absolute atomic E-state index is 0.319. The van der Waals surface area contributed by atoms with Crippen LogP contribution in [-0.4, -0.2) is 40.0 Å². The molecule has 4 heteroatoms. The third-order valence-electron chi connectivity index (χ3n) is 2.66. The number of carbonyl (C=O) groups is 1. The zero-order valence-electron chi connectivity index (χ0n) is 8.41. The zero-order chi connectivity index (χ0) is 9.80. The van der Waals surface area contributed by atoms with E-state index in [9.17, 15) is 4.79 Å². The highest BCUT2D eigenvalue weighted by atomic mass is 32.2. The van der Waals surface area contributed by atoms with E-state index < -0.39 is 0 Å². The molecule has 0 aromatic heterocycles. The number of likely N-dealkylation sites (tertiary alicyclic amines) is 1. The predicted molar refractivity (Wildman–Crippen MR) is 64.1 cm³/mol. The Balaban J connectivity index is 1.70. The maximum atomic E-state index is 11.8. The van der Waals surface area contributed by atoms with Gasteiger partial charge in [-0.3, -0.25) is 4.79 Å². The van der Waals surface area contributed by atoms with Crippen molar-refractivity contribution in [1.29, 1.82) is 0 Å². The quantitative estimate of drug-likeness (QED) is 0.682. The Labute approximate surface area is 94.2 Å². The van der Waals surface area contributed by atoms with Gasteiger partial charge in [0.1, 0.15) is 0 Å². The van der Waals surface area contributed by atoms with Gasteiger partial charge in [0, 0.05) is 29.8 Å². The molecule has 14 heavy (non-hydrogen) atoms. The van der Waals surface area contributed by atoms with E-state index in [1.807, 2.05) is 16.7 Å². The molecular weight excluding hydrogens is 214 g/mol. The molecule has 0 N–H and O–H groups in total. The minimum Gasteiger partial charge on any atom is -0.334 e. The van der Waals surface area contributed by atoms with E-state index >= 15 is 0 Å². The molecular formula is C10H17NOS2. The van der Waals surface area contributed by atoms with Crippen LogP contribution in [0, 0.1) is 0 Å². The van der Waals surface area contributed by atoms with Crippen LogP contribution in [0.1, 0.15) is 25.7 Å². The summed E-state index contributed by atoms with van der Waals surface area (Å²) in [7, 11) is 0. The third kappa shape index (κ3) is 3.39. The van der Waals surface area contributed by atoms with Crippen LogP contribution in [0.3, 0.4) is 0 Å². The van der Waals surface area contributed by atoms with Crippen LogP contribution < -0.4 is 0 Å². The Morgan fingerprint density at radius 1 is 1.29 bits per heavy atom. The average Bonchev–Trinajstić information content (AvgIpc) is 3.01. The molecule has 0 spiro atoms. The van der Waals surface area contributed by atoms with Crippen molar-refractivity contribution < 1.29 is 4.79 Å². The monoisotopic (exact) mass is 231 g/mol. The Hall–Kier alpha value is 0.170. The van der Waals surface area contributed by atoms with E-state index in [1.165, 1.54) is 43.2 Å². The summed E-state index contributed by atoms with van der Waals surface area (Å²) in [6.07, 6.45) is 4.99. The van der Waals surface area contributed by atoms with Crippen molar-refractivity contribution in [2.45, 2.75) is 30.9 Å². The number of hydrogen-bond acceptors (Lipinski definition) is 3. The SMILES string of the molecule is O=C(SCC1CS1)N1CCCCCC1. The zero-order valence-corrected chi connectivity index (χ0v) is 10.0. The predicted octanol–water partition coefficient (Wildman–Crippen LogP) is 2.83. The van der Waals surface area contributed by atoms with Gasteiger partial charge in [-0.15, -0.1) is 0 Å². The molecule has 2 aliphatic heterocycles. The van der Waals surface area contributed by atoms with Gasteiger partial charge in [0.25, 0.3) is 5.24 Å². The molecule has 1 atom stereocenters. The molecule has 0 aromatic carbocycles. The molecule has 1 unspecified atom stereocenters. The Bertz CT molecular complexity index is 198. The molecule has 0 aromatic rings. The molecule has 0 radical (unpaired) electrons. The third-order valence-corrected chi connectivity index (χ3v) is 4.92. The number of nitrogens with zero attached hydrogens (tertiary/aromatic N) is 1. The van der Waals surface area contributed by atoms with Crippen LogP contribution in [0.5, 0.6) is 0 Å². The van der Waals surface area contributed by atoms with Crippen LogP contribution >= 0.6 is 23.5 Å². The lowest BCUT2D eigenvalue weighted by molar-refractivity contribution is 0.225. The van der Waals surface area contributed by atoms with Crippen LogP contribution in [0.2, 0.25) is 0 Å². The van der Waals surface area contributed by atoms with Gasteiger partial charge in [-0.05, 0) is 12.8 Å². The number of rotatable bonds is 2. The van der Waals surface area contributed by atoms with Crippen LogP contribution in [-0.2, 0) is 0 Å². The molecule has 1 amide bonds. The summed E-state index contributed by atoms with van der Waals surface area (Å²) in [6, 6.07) is 0. The molecule has 2 nitrogen and oxygen atoms in total. The van der Waals surface area contributed by atoms with Crippen molar-refractivity contribution in [2.75, 3.05) is 24.6 Å². The first-order valence-corrected chi connectivity index (χ1v) is 7.43. The molecule has 0 bridgehead atoms. The fourth-order valence-corrected chi connectivity index (χ4v) is 3.48. The van der Waals surface area contributed by atoms with Gasteiger partial charge >= 0.3 is 0 Å². The summed E-state index contributed by atoms with van der Waals surface area (Å²) < 4.78 is 0. The van der Waals surface area contributed by atoms with E-state index in [1.54, 1.807) is 0 Å². The van der Waals surface area contributed by atoms with Crippen LogP contribution in [0.25, 0.3) is 0 Å². The van der Waals surface area contributed by atoms with Crippen LogP contribution in [0.4, 0.5) is 4.79 Å². The van der Waals surface area contributed by atoms with E-state index in [-0.39, 0.29) is 0 Å². The molecule has 2 heterocycles. The number of carbonyl (C=O) groups excluding carboxylic acids is 1. The summed E-state index contributed by atoms with van der Waals surface area (Å²) in [5, 5.41) is 1.09. The lowest BCUT2D eigenvalue weighted by atomic mass is 10.2. The maximum Gasteiger partial charge on any atom is 0.281 e. The van der Waals surface area contributed by atoms with Crippen molar-refractivity contribution in [2.24, 2.45) is 0 Å². The topological polar surface area (TPSA) is 20.3 Å². The van der Waals surface area contributed by atoms with E-state index in [0.29, 0.717) is 5.24 Å². The lowest BCUT2D eigenvalue weighted by Crippen LogP contribution is -2.28. The van der Waals surface area contributed by atoms with Gasteiger partial charge < -0.3 is 4.90 Å². The molecule has 2 rings (SSSR count). The molecule has 2 saturated heterocycles. The van der Waals surface area contributed by atoms with Crippen molar-refractivity contribution >= 4 is 28.8 Å². The molecule has 80 valence electrons. The van der Waals surface area contributed by atoms with Crippen molar-refractivity contribution in [3.63, 3.8) is 0 Å². The normalized spacial score (nSPS) is 27.1. The van der Waals surface area contributed by atoms with Gasteiger partial charge in [0.15, 0.2) is 0 Å². The summed E-state index contributed by atoms with van der Waals surface area (Å²) >= 11 is 3.50. The van der Waals surface area contributed by atoms with Crippen molar-refractivity contribution in [3.05, 3.63) is 0 Å². The fraction of sp³-hybridized carbons (Fsp3) is 0.900. The second-order valence-corrected chi connectivity index (χ2v) is 6.24. The summed E-state index contributed by atoms with van der Waals surface area (Å²) in [5.41, 5.74) is 0. The Kier molecular flexibility index (Phi) is 4.05. The molecule has 0 aliphatic carbocycles. The molecule has 2 fully saturated rings. The summed E-state index contributed by atoms with van der Waals surface area (Å²) in [5.74, 6) is 2.29. The summed E-state index contributed by atoms with van der Waals surface area (Å²) in [4.78, 5) is 13.8. The standard InChI is InChI=1S/C10H17NOS2/c12-10(14-8-9-7-13-9)11-5-3-1-2-4-6-11/h9H,1-8H2. The van der Waals surface area contributed by atoms with Gasteiger partial charge in [0.05, 0.1) is 0 Å². The number of thioether (sulfide) groups is 2. The minimum atomic E-state index is 0.319. The fourth-order valence-electron chi connectivity index (χ4n) is 1.67. The van der Waals surface area contributed by atoms with Gasteiger partial charge in [-0.25, -0.2) is 0 Å². The van der Waals surface area contributed by atoms with E-state index in [4.69, 9.17) is 0 Å². The lowest BCUT2D eigenvalue weighted by Gasteiger charge is -2.19. The Morgan fingerprint density at radius 3 is 2.50 bits per heavy atom. The van der Waals surface area contributed by atoms with Gasteiger partial charge in [-0.2, -0.15) is 11.8 Å². The number of hydrogen-bond donors (Lipinski definition) is 0. The average molecular weight is 231 g/mol. The van der Waals surface area contributed by atoms with E-state index in [0.717, 1.165) is 24.1 Å². The highest BCUT2D eigenvalue weighted by Crippen LogP contribution is 2.33. The first-order valence-electron chi connectivity index (χ1n) is 5.39. The Morgan fingerprint density at radius 2 is 1.93 bits per heavy atom. The van der Waals surface area contributed by atoms with Crippen LogP contribution in [0.15, 0.2) is 0 Å². The largest absolute Gasteiger partial charge is 0.334 e. The molecule has 2 aliphatic rings. The molecule has 0 saturated carbocycles. The van der Waals surface area contributed by atoms with Crippen molar-refractivity contribution in [3.8, 4) is 0 Å². The first kappa shape index (κ1) is 10.7. The van der Waals surface area contributed by atoms with Gasteiger partial charge in [0.2, 0.25) is 0 Å². The number of amides is 1. The van der Waals surface area contributed by atoms with Crippen molar-refractivity contribution in [1.82, 2.24) is 4.90 Å². The maximum absolute atomic E-state index is 11.8. The second kappa shape index (κ2) is 5.31. The second-order valence-electron chi connectivity index (χ2n) is 3.93. The van der Waals surface area contributed by atoms with E-state index in [2.05, 4.69) is 0 Å². The van der Waals surface area contributed by atoms with Gasteiger partial charge in [-0.1, -0.05) is 24.6 Å². The highest BCUT2D eigenvalue weighted by Gasteiger charge is 2.25. The summed E-state index contributed by atoms with van der Waals surface area (Å²) in [6.45, 7) is 1.98.